The van der Waals surface area contributed by atoms with Crippen molar-refractivity contribution in [2.75, 3.05) is 13.1 Å². The van der Waals surface area contributed by atoms with Crippen LogP contribution in [0.2, 0.25) is 0 Å². The normalized spacial score (nSPS) is 17.3. The van der Waals surface area contributed by atoms with Gasteiger partial charge in [-0.1, -0.05) is 0 Å². The summed E-state index contributed by atoms with van der Waals surface area (Å²) in [6.45, 7) is 1.14. The predicted octanol–water partition coefficient (Wildman–Crippen LogP) is 2.91. The van der Waals surface area contributed by atoms with Crippen LogP contribution in [0.15, 0.2) is 45.7 Å². The fourth-order valence-corrected chi connectivity index (χ4v) is 3.09. The molecule has 4 rings (SSSR count). The first-order valence-electron chi connectivity index (χ1n) is 8.22. The van der Waals surface area contributed by atoms with Crippen LogP contribution < -0.4 is 4.74 Å². The number of piperidine rings is 1. The van der Waals surface area contributed by atoms with Gasteiger partial charge >= 0.3 is 6.01 Å². The Morgan fingerprint density at radius 2 is 2.23 bits per heavy atom. The molecule has 8 nitrogen and oxygen atoms in total. The topological polar surface area (TPSA) is 97.1 Å². The van der Waals surface area contributed by atoms with E-state index in [1.165, 1.54) is 0 Å². The molecule has 3 aromatic heterocycles. The number of nitrogens with zero attached hydrogens (tertiary/aromatic N) is 4. The number of hydrogen-bond donors (Lipinski definition) is 1. The third kappa shape index (κ3) is 3.62. The largest absolute Gasteiger partial charge is 0.463 e. The van der Waals surface area contributed by atoms with Gasteiger partial charge in [0.2, 0.25) is 0 Å². The van der Waals surface area contributed by atoms with Crippen LogP contribution in [-0.2, 0) is 0 Å². The molecule has 1 amide bonds. The maximum atomic E-state index is 12.7. The fraction of sp³-hybridized carbons (Fsp3) is 0.294. The fourth-order valence-electron chi connectivity index (χ4n) is 2.88. The summed E-state index contributed by atoms with van der Waals surface area (Å²) < 4.78 is 11.9. The van der Waals surface area contributed by atoms with E-state index in [-0.39, 0.29) is 12.0 Å². The molecular weight excluding hydrogens is 402 g/mol. The lowest BCUT2D eigenvalue weighted by atomic mass is 10.1. The van der Waals surface area contributed by atoms with Crippen molar-refractivity contribution in [1.82, 2.24) is 25.1 Å². The molecule has 1 atom stereocenters. The number of carbonyl (C=O) groups excluding carboxylic acids is 1. The Bertz CT molecular complexity index is 878. The van der Waals surface area contributed by atoms with E-state index in [0.29, 0.717) is 36.2 Å². The second kappa shape index (κ2) is 7.28. The van der Waals surface area contributed by atoms with Gasteiger partial charge in [0.05, 0.1) is 17.3 Å². The first-order chi connectivity index (χ1) is 12.7. The zero-order valence-electron chi connectivity index (χ0n) is 13.8. The molecule has 1 aliphatic heterocycles. The quantitative estimate of drug-likeness (QED) is 0.700. The van der Waals surface area contributed by atoms with E-state index in [2.05, 4.69) is 36.1 Å². The molecule has 26 heavy (non-hydrogen) atoms. The maximum absolute atomic E-state index is 12.7. The van der Waals surface area contributed by atoms with Gasteiger partial charge in [-0.05, 0) is 40.9 Å². The first kappa shape index (κ1) is 16.8. The average Bonchev–Trinajstić information content (AvgIpc) is 3.35. The number of aromatic amines is 1. The van der Waals surface area contributed by atoms with Crippen LogP contribution >= 0.6 is 15.9 Å². The van der Waals surface area contributed by atoms with Crippen molar-refractivity contribution in [2.24, 2.45) is 0 Å². The Hall–Kier alpha value is -2.68. The highest BCUT2D eigenvalue weighted by atomic mass is 79.9. The van der Waals surface area contributed by atoms with Gasteiger partial charge < -0.3 is 14.1 Å². The van der Waals surface area contributed by atoms with Crippen molar-refractivity contribution in [3.63, 3.8) is 0 Å². The van der Waals surface area contributed by atoms with Gasteiger partial charge in [0, 0.05) is 25.0 Å². The van der Waals surface area contributed by atoms with Crippen LogP contribution in [0.4, 0.5) is 0 Å². The van der Waals surface area contributed by atoms with Crippen LogP contribution in [0.25, 0.3) is 11.5 Å². The van der Waals surface area contributed by atoms with Gasteiger partial charge in [-0.2, -0.15) is 5.10 Å². The molecule has 0 radical (unpaired) electrons. The highest BCUT2D eigenvalue weighted by molar-refractivity contribution is 9.10. The lowest BCUT2D eigenvalue weighted by molar-refractivity contribution is 0.0510. The van der Waals surface area contributed by atoms with Crippen molar-refractivity contribution in [3.8, 4) is 17.5 Å². The monoisotopic (exact) mass is 417 g/mol. The minimum atomic E-state index is -0.141. The Morgan fingerprint density at radius 1 is 1.38 bits per heavy atom. The summed E-state index contributed by atoms with van der Waals surface area (Å²) in [6.07, 6.45) is 6.40. The minimum Gasteiger partial charge on any atom is -0.463 e. The predicted molar refractivity (Wildman–Crippen MR) is 95.6 cm³/mol. The van der Waals surface area contributed by atoms with Crippen molar-refractivity contribution in [2.45, 2.75) is 18.9 Å². The third-order valence-corrected chi connectivity index (χ3v) is 4.53. The van der Waals surface area contributed by atoms with Crippen molar-refractivity contribution in [1.29, 1.82) is 0 Å². The summed E-state index contributed by atoms with van der Waals surface area (Å²) in [5.41, 5.74) is 1.03. The number of carbonyl (C=O) groups is 1. The molecule has 0 spiro atoms. The molecular formula is C17H16BrN5O3. The molecule has 3 aromatic rings. The number of furan rings is 1. The Balaban J connectivity index is 1.42. The van der Waals surface area contributed by atoms with Crippen molar-refractivity contribution < 1.29 is 13.9 Å². The molecule has 9 heteroatoms. The van der Waals surface area contributed by atoms with E-state index < -0.39 is 0 Å². The summed E-state index contributed by atoms with van der Waals surface area (Å²) in [5, 5.41) is 6.96. The van der Waals surface area contributed by atoms with Crippen LogP contribution in [-0.4, -0.2) is 50.2 Å². The molecule has 0 saturated carbocycles. The van der Waals surface area contributed by atoms with Gasteiger partial charge in [-0.3, -0.25) is 9.89 Å². The van der Waals surface area contributed by atoms with Crippen LogP contribution in [0.3, 0.4) is 0 Å². The van der Waals surface area contributed by atoms with E-state index in [1.807, 2.05) is 6.07 Å². The Kier molecular flexibility index (Phi) is 4.70. The molecule has 1 N–H and O–H groups in total. The molecule has 1 unspecified atom stereocenters. The number of likely N-dealkylation sites (tertiary alicyclic amines) is 1. The molecule has 134 valence electrons. The standard InChI is InChI=1S/C17H16BrN5O3/c18-11-8-19-17(20-9-11)26-12-3-1-5-23(10-12)16(24)14-7-13(21-22-14)15-4-2-6-25-15/h2,4,6-9,12H,1,3,5,10H2,(H,21,22). The average molecular weight is 418 g/mol. The summed E-state index contributed by atoms with van der Waals surface area (Å²) >= 11 is 3.29. The number of hydrogen-bond acceptors (Lipinski definition) is 6. The van der Waals surface area contributed by atoms with Gasteiger partial charge in [-0.15, -0.1) is 0 Å². The zero-order chi connectivity index (χ0) is 17.9. The highest BCUT2D eigenvalue weighted by Gasteiger charge is 2.27. The summed E-state index contributed by atoms with van der Waals surface area (Å²) in [6, 6.07) is 5.61. The van der Waals surface area contributed by atoms with Crippen LogP contribution in [0.1, 0.15) is 23.3 Å². The second-order valence-electron chi connectivity index (χ2n) is 5.96. The number of rotatable bonds is 4. The summed E-state index contributed by atoms with van der Waals surface area (Å²) in [7, 11) is 0. The number of amides is 1. The van der Waals surface area contributed by atoms with E-state index >= 15 is 0 Å². The summed E-state index contributed by atoms with van der Waals surface area (Å²) in [5.74, 6) is 0.507. The molecule has 1 saturated heterocycles. The summed E-state index contributed by atoms with van der Waals surface area (Å²) in [4.78, 5) is 22.7. The van der Waals surface area contributed by atoms with Gasteiger partial charge in [0.25, 0.3) is 5.91 Å². The zero-order valence-corrected chi connectivity index (χ0v) is 15.3. The van der Waals surface area contributed by atoms with Gasteiger partial charge in [0.1, 0.15) is 11.8 Å². The Morgan fingerprint density at radius 3 is 3.00 bits per heavy atom. The molecule has 0 aromatic carbocycles. The van der Waals surface area contributed by atoms with Crippen molar-refractivity contribution in [3.05, 3.63) is 47.0 Å². The second-order valence-corrected chi connectivity index (χ2v) is 6.88. The van der Waals surface area contributed by atoms with E-state index in [0.717, 1.165) is 17.3 Å². The third-order valence-electron chi connectivity index (χ3n) is 4.12. The number of nitrogens with one attached hydrogen (secondary N) is 1. The Labute approximate surface area is 157 Å². The van der Waals surface area contributed by atoms with Crippen LogP contribution in [0, 0.1) is 0 Å². The lowest BCUT2D eigenvalue weighted by Gasteiger charge is -2.31. The van der Waals surface area contributed by atoms with Gasteiger partial charge in [0.15, 0.2) is 11.5 Å². The smallest absolute Gasteiger partial charge is 0.316 e. The molecule has 0 aliphatic carbocycles. The highest BCUT2D eigenvalue weighted by Crippen LogP contribution is 2.21. The van der Waals surface area contributed by atoms with Gasteiger partial charge in [-0.25, -0.2) is 9.97 Å². The molecule has 4 heterocycles. The van der Waals surface area contributed by atoms with Crippen molar-refractivity contribution >= 4 is 21.8 Å². The molecule has 0 bridgehead atoms. The first-order valence-corrected chi connectivity index (χ1v) is 9.01. The lowest BCUT2D eigenvalue weighted by Crippen LogP contribution is -2.44. The van der Waals surface area contributed by atoms with E-state index in [1.54, 1.807) is 35.7 Å². The number of aromatic nitrogens is 4. The molecule has 1 aliphatic rings. The minimum absolute atomic E-state index is 0.135. The number of halogens is 1. The van der Waals surface area contributed by atoms with E-state index in [4.69, 9.17) is 9.15 Å². The molecule has 1 fully saturated rings. The van der Waals surface area contributed by atoms with E-state index in [9.17, 15) is 4.79 Å². The SMILES string of the molecule is O=C(c1cc(-c2ccco2)[nH]n1)N1CCCC(Oc2ncc(Br)cn2)C1. The van der Waals surface area contributed by atoms with Crippen LogP contribution in [0.5, 0.6) is 6.01 Å². The number of ether oxygens (including phenoxy) is 1. The maximum Gasteiger partial charge on any atom is 0.316 e. The number of H-pyrrole nitrogens is 1.